The summed E-state index contributed by atoms with van der Waals surface area (Å²) in [6.07, 6.45) is 0. The zero-order valence-electron chi connectivity index (χ0n) is 10.5. The maximum atomic E-state index is 11.9. The van der Waals surface area contributed by atoms with Gasteiger partial charge in [0.2, 0.25) is 0 Å². The Bertz CT molecular complexity index is 670. The molecule has 5 heteroatoms. The lowest BCUT2D eigenvalue weighted by Gasteiger charge is -2.04. The van der Waals surface area contributed by atoms with Crippen molar-refractivity contribution in [1.82, 2.24) is 5.32 Å². The Labute approximate surface area is 126 Å². The number of benzene rings is 1. The van der Waals surface area contributed by atoms with E-state index in [0.29, 0.717) is 15.8 Å². The summed E-state index contributed by atoms with van der Waals surface area (Å²) < 4.78 is 0.594. The predicted molar refractivity (Wildman–Crippen MR) is 80.9 cm³/mol. The first-order valence-electron chi connectivity index (χ1n) is 5.91. The maximum absolute atomic E-state index is 11.9. The van der Waals surface area contributed by atoms with Crippen molar-refractivity contribution < 1.29 is 9.90 Å². The summed E-state index contributed by atoms with van der Waals surface area (Å²) in [6, 6.07) is 10.9. The van der Waals surface area contributed by atoms with E-state index in [2.05, 4.69) is 17.2 Å². The van der Waals surface area contributed by atoms with Crippen LogP contribution in [0.3, 0.4) is 0 Å². The lowest BCUT2D eigenvalue weighted by atomic mass is 10.1. The van der Waals surface area contributed by atoms with E-state index in [0.717, 1.165) is 11.1 Å². The largest absolute Gasteiger partial charge is 0.384 e. The number of carbonyl (C=O) groups excluding carboxylic acids is 1. The average Bonchev–Trinajstić information content (AvgIpc) is 2.90. The molecule has 0 aliphatic rings. The first-order chi connectivity index (χ1) is 9.69. The first kappa shape index (κ1) is 14.6. The molecule has 0 saturated carbocycles. The van der Waals surface area contributed by atoms with Gasteiger partial charge in [-0.25, -0.2) is 0 Å². The molecule has 2 rings (SSSR count). The van der Waals surface area contributed by atoms with Gasteiger partial charge in [-0.05, 0) is 29.8 Å². The minimum atomic E-state index is -0.167. The molecule has 2 N–H and O–H groups in total. The summed E-state index contributed by atoms with van der Waals surface area (Å²) in [5.74, 6) is 5.28. The Morgan fingerprint density at radius 1 is 1.35 bits per heavy atom. The summed E-state index contributed by atoms with van der Waals surface area (Å²) >= 11 is 7.04. The molecule has 0 radical (unpaired) electrons. The fourth-order valence-electron chi connectivity index (χ4n) is 1.61. The third-order valence-electron chi connectivity index (χ3n) is 2.49. The maximum Gasteiger partial charge on any atom is 0.261 e. The molecule has 0 unspecified atom stereocenters. The summed E-state index contributed by atoms with van der Waals surface area (Å²) in [5.41, 5.74) is 1.76. The molecule has 0 aliphatic heterocycles. The van der Waals surface area contributed by atoms with Crippen LogP contribution >= 0.6 is 22.9 Å². The second-order valence-corrected chi connectivity index (χ2v) is 5.66. The summed E-state index contributed by atoms with van der Waals surface area (Å²) in [7, 11) is 0. The van der Waals surface area contributed by atoms with Gasteiger partial charge in [0.05, 0.1) is 9.21 Å². The fraction of sp³-hybridized carbons (Fsp3) is 0.133. The van der Waals surface area contributed by atoms with E-state index >= 15 is 0 Å². The fourth-order valence-corrected chi connectivity index (χ4v) is 2.57. The number of amides is 1. The Balaban J connectivity index is 1.98. The molecule has 102 valence electrons. The van der Waals surface area contributed by atoms with E-state index in [1.165, 1.54) is 11.3 Å². The molecule has 20 heavy (non-hydrogen) atoms. The number of carbonyl (C=O) groups is 1. The van der Waals surface area contributed by atoms with Gasteiger partial charge in [0.1, 0.15) is 6.61 Å². The molecule has 0 bridgehead atoms. The van der Waals surface area contributed by atoms with E-state index in [-0.39, 0.29) is 12.5 Å². The smallest absolute Gasteiger partial charge is 0.261 e. The highest BCUT2D eigenvalue weighted by atomic mass is 35.5. The lowest BCUT2D eigenvalue weighted by Crippen LogP contribution is -2.21. The summed E-state index contributed by atoms with van der Waals surface area (Å²) in [6.45, 7) is 0.253. The molecule has 0 aliphatic carbocycles. The Hall–Kier alpha value is -1.80. The van der Waals surface area contributed by atoms with Crippen molar-refractivity contribution in [2.45, 2.75) is 6.54 Å². The molecule has 1 heterocycles. The Morgan fingerprint density at radius 2 is 2.20 bits per heavy atom. The normalized spacial score (nSPS) is 9.70. The van der Waals surface area contributed by atoms with Gasteiger partial charge in [-0.1, -0.05) is 35.6 Å². The second-order valence-electron chi connectivity index (χ2n) is 3.95. The van der Waals surface area contributed by atoms with E-state index < -0.39 is 0 Å². The van der Waals surface area contributed by atoms with Crippen LogP contribution in [0.25, 0.3) is 0 Å². The van der Waals surface area contributed by atoms with Crippen molar-refractivity contribution >= 4 is 28.8 Å². The standard InChI is InChI=1S/C15H12ClNO2S/c16-14-7-6-13(20-14)15(19)17-10-12-4-1-3-11(9-12)5-2-8-18/h1,3-4,6-7,9,18H,8,10H2,(H,17,19). The molecule has 0 saturated heterocycles. The van der Waals surface area contributed by atoms with Crippen molar-refractivity contribution in [3.8, 4) is 11.8 Å². The van der Waals surface area contributed by atoms with Crippen LogP contribution in [0.15, 0.2) is 36.4 Å². The van der Waals surface area contributed by atoms with E-state index in [4.69, 9.17) is 16.7 Å². The number of hydrogen-bond acceptors (Lipinski definition) is 3. The predicted octanol–water partition coefficient (Wildman–Crippen LogP) is 2.68. The van der Waals surface area contributed by atoms with Gasteiger partial charge >= 0.3 is 0 Å². The molecule has 0 spiro atoms. The number of rotatable bonds is 3. The number of aliphatic hydroxyl groups is 1. The van der Waals surface area contributed by atoms with Crippen molar-refractivity contribution in [3.05, 3.63) is 56.7 Å². The minimum absolute atomic E-state index is 0.145. The zero-order valence-corrected chi connectivity index (χ0v) is 12.1. The van der Waals surface area contributed by atoms with Gasteiger partial charge in [-0.15, -0.1) is 11.3 Å². The number of thiophene rings is 1. The number of aliphatic hydroxyl groups excluding tert-OH is 1. The monoisotopic (exact) mass is 305 g/mol. The van der Waals surface area contributed by atoms with Gasteiger partial charge in [0, 0.05) is 12.1 Å². The highest BCUT2D eigenvalue weighted by Gasteiger charge is 2.07. The van der Waals surface area contributed by atoms with Crippen LogP contribution in [0.5, 0.6) is 0 Å². The van der Waals surface area contributed by atoms with Crippen LogP contribution in [0, 0.1) is 11.8 Å². The van der Waals surface area contributed by atoms with E-state index in [1.807, 2.05) is 24.3 Å². The molecule has 1 aromatic heterocycles. The molecular weight excluding hydrogens is 294 g/mol. The molecule has 3 nitrogen and oxygen atoms in total. The van der Waals surface area contributed by atoms with Crippen molar-refractivity contribution in [2.75, 3.05) is 6.61 Å². The van der Waals surface area contributed by atoms with Gasteiger partial charge < -0.3 is 10.4 Å². The SMILES string of the molecule is O=C(NCc1cccc(C#CCO)c1)c1ccc(Cl)s1. The second kappa shape index (κ2) is 7.11. The van der Waals surface area contributed by atoms with Crippen LogP contribution < -0.4 is 5.32 Å². The van der Waals surface area contributed by atoms with Gasteiger partial charge in [-0.3, -0.25) is 4.79 Å². The van der Waals surface area contributed by atoms with Gasteiger partial charge in [0.15, 0.2) is 0 Å². The number of hydrogen-bond donors (Lipinski definition) is 2. The third kappa shape index (κ3) is 4.10. The van der Waals surface area contributed by atoms with Gasteiger partial charge in [-0.2, -0.15) is 0 Å². The van der Waals surface area contributed by atoms with Crippen LogP contribution in [0.4, 0.5) is 0 Å². The number of halogens is 1. The van der Waals surface area contributed by atoms with Crippen LogP contribution in [-0.2, 0) is 6.54 Å². The zero-order chi connectivity index (χ0) is 14.4. The third-order valence-corrected chi connectivity index (χ3v) is 3.72. The van der Waals surface area contributed by atoms with Crippen molar-refractivity contribution in [1.29, 1.82) is 0 Å². The van der Waals surface area contributed by atoms with Crippen molar-refractivity contribution in [3.63, 3.8) is 0 Å². The van der Waals surface area contributed by atoms with Crippen molar-refractivity contribution in [2.24, 2.45) is 0 Å². The van der Waals surface area contributed by atoms with E-state index in [1.54, 1.807) is 12.1 Å². The Kier molecular flexibility index (Phi) is 5.19. The molecule has 2 aromatic rings. The first-order valence-corrected chi connectivity index (χ1v) is 7.10. The molecule has 1 aromatic carbocycles. The molecule has 0 fully saturated rings. The highest BCUT2D eigenvalue weighted by molar-refractivity contribution is 7.17. The summed E-state index contributed by atoms with van der Waals surface area (Å²) in [4.78, 5) is 12.5. The quantitative estimate of drug-likeness (QED) is 0.857. The van der Waals surface area contributed by atoms with Crippen LogP contribution in [0.1, 0.15) is 20.8 Å². The van der Waals surface area contributed by atoms with Crippen LogP contribution in [0.2, 0.25) is 4.34 Å². The van der Waals surface area contributed by atoms with Gasteiger partial charge in [0.25, 0.3) is 5.91 Å². The summed E-state index contributed by atoms with van der Waals surface area (Å²) in [5, 5.41) is 11.5. The average molecular weight is 306 g/mol. The van der Waals surface area contributed by atoms with E-state index in [9.17, 15) is 4.79 Å². The minimum Gasteiger partial charge on any atom is -0.384 e. The number of nitrogens with one attached hydrogen (secondary N) is 1. The molecule has 0 atom stereocenters. The highest BCUT2D eigenvalue weighted by Crippen LogP contribution is 2.21. The molecule has 1 amide bonds. The Morgan fingerprint density at radius 3 is 2.90 bits per heavy atom. The van der Waals surface area contributed by atoms with Crippen LogP contribution in [-0.4, -0.2) is 17.6 Å². The lowest BCUT2D eigenvalue weighted by molar-refractivity contribution is 0.0955. The molecular formula is C15H12ClNO2S. The topological polar surface area (TPSA) is 49.3 Å².